The average molecular weight is 430 g/mol. The van der Waals surface area contributed by atoms with Gasteiger partial charge in [0.25, 0.3) is 0 Å². The molecular formula is C19H25F3N4O2S. The predicted octanol–water partition coefficient (Wildman–Crippen LogP) is 4.63. The van der Waals surface area contributed by atoms with Gasteiger partial charge in [-0.05, 0) is 17.9 Å². The molecule has 2 aromatic rings. The van der Waals surface area contributed by atoms with Gasteiger partial charge in [0.1, 0.15) is 0 Å². The number of urea groups is 1. The van der Waals surface area contributed by atoms with Crippen LogP contribution >= 0.6 is 11.5 Å². The minimum absolute atomic E-state index is 0.0715. The van der Waals surface area contributed by atoms with Crippen LogP contribution < -0.4 is 10.6 Å². The number of anilines is 1. The highest BCUT2D eigenvalue weighted by molar-refractivity contribution is 7.10. The molecule has 1 aromatic heterocycles. The molecule has 2 atom stereocenters. The Morgan fingerprint density at radius 3 is 2.38 bits per heavy atom. The smallest absolute Gasteiger partial charge is 0.396 e. The van der Waals surface area contributed by atoms with Crippen molar-refractivity contribution >= 4 is 22.7 Å². The highest BCUT2D eigenvalue weighted by Crippen LogP contribution is 2.36. The Morgan fingerprint density at radius 1 is 1.17 bits per heavy atom. The molecule has 0 radical (unpaired) electrons. The van der Waals surface area contributed by atoms with E-state index in [9.17, 15) is 23.1 Å². The molecule has 0 spiro atoms. The number of rotatable bonds is 7. The van der Waals surface area contributed by atoms with Crippen LogP contribution in [0.25, 0.3) is 11.4 Å². The van der Waals surface area contributed by atoms with Crippen molar-refractivity contribution in [3.63, 3.8) is 0 Å². The minimum atomic E-state index is -4.53. The van der Waals surface area contributed by atoms with E-state index < -0.39 is 17.8 Å². The van der Waals surface area contributed by atoms with Crippen molar-refractivity contribution in [1.29, 1.82) is 0 Å². The first-order valence-electron chi connectivity index (χ1n) is 9.23. The third-order valence-electron chi connectivity index (χ3n) is 4.66. The van der Waals surface area contributed by atoms with Crippen LogP contribution in [-0.2, 0) is 6.18 Å². The molecule has 0 aliphatic carbocycles. The number of hydrogen-bond donors (Lipinski definition) is 3. The summed E-state index contributed by atoms with van der Waals surface area (Å²) in [6, 6.07) is 4.19. The van der Waals surface area contributed by atoms with E-state index in [1.165, 1.54) is 18.2 Å². The van der Waals surface area contributed by atoms with E-state index in [-0.39, 0.29) is 46.9 Å². The summed E-state index contributed by atoms with van der Waals surface area (Å²) < 4.78 is 43.5. The summed E-state index contributed by atoms with van der Waals surface area (Å²) in [6.45, 7) is 7.73. The van der Waals surface area contributed by atoms with E-state index in [4.69, 9.17) is 0 Å². The van der Waals surface area contributed by atoms with Crippen LogP contribution in [0, 0.1) is 17.8 Å². The first kappa shape index (κ1) is 23.1. The van der Waals surface area contributed by atoms with Gasteiger partial charge in [-0.2, -0.15) is 22.5 Å². The molecule has 29 heavy (non-hydrogen) atoms. The van der Waals surface area contributed by atoms with Gasteiger partial charge in [-0.15, -0.1) is 0 Å². The molecule has 2 unspecified atom stereocenters. The number of nitrogens with one attached hydrogen (secondary N) is 2. The van der Waals surface area contributed by atoms with Crippen LogP contribution in [0.1, 0.15) is 33.3 Å². The number of benzene rings is 1. The predicted molar refractivity (Wildman–Crippen MR) is 107 cm³/mol. The van der Waals surface area contributed by atoms with Gasteiger partial charge in [0.05, 0.1) is 5.56 Å². The van der Waals surface area contributed by atoms with Crippen molar-refractivity contribution in [3.8, 4) is 11.4 Å². The zero-order valence-corrected chi connectivity index (χ0v) is 17.4. The summed E-state index contributed by atoms with van der Waals surface area (Å²) in [5.74, 6) is -0.0120. The summed E-state index contributed by atoms with van der Waals surface area (Å²) in [5, 5.41) is 15.1. The Bertz CT molecular complexity index is 824. The van der Waals surface area contributed by atoms with E-state index in [1.54, 1.807) is 0 Å². The molecule has 0 saturated heterocycles. The number of halogens is 3. The normalized spacial score (nSPS) is 14.1. The van der Waals surface area contributed by atoms with Crippen LogP contribution in [-0.4, -0.2) is 33.1 Å². The second kappa shape index (κ2) is 9.53. The van der Waals surface area contributed by atoms with Gasteiger partial charge in [0.2, 0.25) is 5.13 Å². The number of amides is 2. The maximum absolute atomic E-state index is 13.2. The number of carbonyl (C=O) groups is 1. The summed E-state index contributed by atoms with van der Waals surface area (Å²) in [5.41, 5.74) is -0.985. The summed E-state index contributed by atoms with van der Waals surface area (Å²) in [6.07, 6.45) is -4.53. The molecule has 0 aliphatic heterocycles. The number of hydrogen-bond acceptors (Lipinski definition) is 5. The second-order valence-corrected chi connectivity index (χ2v) is 8.18. The molecule has 2 rings (SSSR count). The topological polar surface area (TPSA) is 87.1 Å². The summed E-state index contributed by atoms with van der Waals surface area (Å²) in [7, 11) is 0. The zero-order chi connectivity index (χ0) is 21.8. The van der Waals surface area contributed by atoms with E-state index in [0.29, 0.717) is 0 Å². The first-order valence-corrected chi connectivity index (χ1v) is 10.0. The molecular weight excluding hydrogens is 405 g/mol. The number of aliphatic hydroxyl groups excluding tert-OH is 1. The van der Waals surface area contributed by atoms with Gasteiger partial charge in [-0.1, -0.05) is 45.9 Å². The van der Waals surface area contributed by atoms with Crippen molar-refractivity contribution < 1.29 is 23.1 Å². The lowest BCUT2D eigenvalue weighted by Gasteiger charge is -2.32. The van der Waals surface area contributed by atoms with Gasteiger partial charge in [0.15, 0.2) is 5.82 Å². The Morgan fingerprint density at radius 2 is 1.83 bits per heavy atom. The quantitative estimate of drug-likeness (QED) is 0.598. The third-order valence-corrected chi connectivity index (χ3v) is 5.29. The van der Waals surface area contributed by atoms with E-state index in [1.807, 2.05) is 27.7 Å². The van der Waals surface area contributed by atoms with Crippen LogP contribution in [0.4, 0.5) is 23.1 Å². The summed E-state index contributed by atoms with van der Waals surface area (Å²) >= 11 is 0.798. The van der Waals surface area contributed by atoms with Crippen molar-refractivity contribution in [2.24, 2.45) is 17.8 Å². The lowest BCUT2D eigenvalue weighted by Crippen LogP contribution is -2.48. The van der Waals surface area contributed by atoms with Crippen molar-refractivity contribution in [2.75, 3.05) is 11.9 Å². The molecule has 2 amide bonds. The SMILES string of the molecule is CC(C)C(CO)C(NC(=O)Nc1nc(-c2ccccc2C(F)(F)F)ns1)C(C)C. The molecule has 1 heterocycles. The fourth-order valence-corrected chi connectivity index (χ4v) is 3.68. The van der Waals surface area contributed by atoms with E-state index >= 15 is 0 Å². The fourth-order valence-electron chi connectivity index (χ4n) is 3.10. The number of aromatic nitrogens is 2. The Hall–Kier alpha value is -2.20. The molecule has 1 aromatic carbocycles. The van der Waals surface area contributed by atoms with Crippen LogP contribution in [0.2, 0.25) is 0 Å². The Balaban J connectivity index is 2.15. The minimum Gasteiger partial charge on any atom is -0.396 e. The van der Waals surface area contributed by atoms with Crippen molar-refractivity contribution in [2.45, 2.75) is 39.9 Å². The fraction of sp³-hybridized carbons (Fsp3) is 0.526. The number of nitrogens with zero attached hydrogens (tertiary/aromatic N) is 2. The number of alkyl halides is 3. The molecule has 160 valence electrons. The van der Waals surface area contributed by atoms with Crippen molar-refractivity contribution in [1.82, 2.24) is 14.7 Å². The largest absolute Gasteiger partial charge is 0.417 e. The standard InChI is InChI=1S/C19H25F3N4O2S/c1-10(2)13(9-27)15(11(3)4)23-17(28)25-18-24-16(26-29-18)12-7-5-6-8-14(12)19(20,21)22/h5-8,10-11,13,15,27H,9H2,1-4H3,(H2,23,24,25,26,28). The average Bonchev–Trinajstić information content (AvgIpc) is 3.08. The molecule has 0 saturated carbocycles. The van der Waals surface area contributed by atoms with Gasteiger partial charge < -0.3 is 10.4 Å². The van der Waals surface area contributed by atoms with Gasteiger partial charge in [-0.25, -0.2) is 4.79 Å². The Labute approximate surface area is 171 Å². The lowest BCUT2D eigenvalue weighted by atomic mass is 9.83. The van der Waals surface area contributed by atoms with Crippen LogP contribution in [0.3, 0.4) is 0 Å². The number of aliphatic hydroxyl groups is 1. The maximum atomic E-state index is 13.2. The summed E-state index contributed by atoms with van der Waals surface area (Å²) in [4.78, 5) is 16.4. The van der Waals surface area contributed by atoms with E-state index in [2.05, 4.69) is 20.0 Å². The van der Waals surface area contributed by atoms with E-state index in [0.717, 1.165) is 17.6 Å². The monoisotopic (exact) mass is 430 g/mol. The van der Waals surface area contributed by atoms with Gasteiger partial charge in [0, 0.05) is 35.7 Å². The van der Waals surface area contributed by atoms with Gasteiger partial charge in [-0.3, -0.25) is 5.32 Å². The molecule has 0 bridgehead atoms. The zero-order valence-electron chi connectivity index (χ0n) is 16.6. The number of carbonyl (C=O) groups excluding carboxylic acids is 1. The van der Waals surface area contributed by atoms with Gasteiger partial charge >= 0.3 is 12.2 Å². The first-order chi connectivity index (χ1) is 13.5. The van der Waals surface area contributed by atoms with Crippen LogP contribution in [0.5, 0.6) is 0 Å². The molecule has 10 heteroatoms. The maximum Gasteiger partial charge on any atom is 0.417 e. The highest BCUT2D eigenvalue weighted by Gasteiger charge is 2.34. The molecule has 0 aliphatic rings. The van der Waals surface area contributed by atoms with Crippen LogP contribution in [0.15, 0.2) is 24.3 Å². The molecule has 6 nitrogen and oxygen atoms in total. The second-order valence-electron chi connectivity index (χ2n) is 7.43. The third kappa shape index (κ3) is 5.89. The Kier molecular flexibility index (Phi) is 7.59. The highest BCUT2D eigenvalue weighted by atomic mass is 32.1. The molecule has 0 fully saturated rings. The van der Waals surface area contributed by atoms with Crippen molar-refractivity contribution in [3.05, 3.63) is 29.8 Å². The molecule has 3 N–H and O–H groups in total. The lowest BCUT2D eigenvalue weighted by molar-refractivity contribution is -0.137.